The maximum atomic E-state index is 13.6. The van der Waals surface area contributed by atoms with Crippen LogP contribution in [0.15, 0.2) is 48.6 Å². The summed E-state index contributed by atoms with van der Waals surface area (Å²) in [6.45, 7) is 7.41. The van der Waals surface area contributed by atoms with Crippen molar-refractivity contribution in [3.8, 4) is 11.5 Å². The number of methoxy groups -OCH3 is 1. The molecular weight excluding hydrogens is 741 g/mol. The number of carbonyl (C=O) groups is 4. The maximum absolute atomic E-state index is 13.6. The predicted molar refractivity (Wildman–Crippen MR) is 212 cm³/mol. The minimum Gasteiger partial charge on any atom is -0.494 e. The van der Waals surface area contributed by atoms with E-state index in [9.17, 15) is 19.2 Å². The van der Waals surface area contributed by atoms with Crippen LogP contribution < -0.4 is 36.9 Å². The lowest BCUT2D eigenvalue weighted by Crippen LogP contribution is -2.20. The molecule has 6 aromatic rings. The first kappa shape index (κ1) is 39.1. The zero-order chi connectivity index (χ0) is 40.1. The van der Waals surface area contributed by atoms with Crippen LogP contribution in [-0.2, 0) is 19.6 Å². The van der Waals surface area contributed by atoms with Gasteiger partial charge in [-0.2, -0.15) is 9.47 Å². The Balaban J connectivity index is 1.40. The van der Waals surface area contributed by atoms with Crippen LogP contribution in [-0.4, -0.2) is 84.2 Å². The van der Waals surface area contributed by atoms with Gasteiger partial charge in [-0.25, -0.2) is 9.97 Å². The van der Waals surface area contributed by atoms with E-state index in [0.717, 1.165) is 4.88 Å². The molecule has 0 fully saturated rings. The lowest BCUT2D eigenvalue weighted by atomic mass is 10.1. The van der Waals surface area contributed by atoms with Gasteiger partial charge in [0.2, 0.25) is 23.7 Å². The van der Waals surface area contributed by atoms with Gasteiger partial charge in [-0.3, -0.25) is 34.5 Å². The number of fused-ring (bicyclic) bond motifs is 2. The van der Waals surface area contributed by atoms with Crippen LogP contribution in [0.4, 0.5) is 11.9 Å². The SMILES string of the molecule is CCn1nc(C)cc1C(=O)Nc1nc2cc(C(N)=O)cc(OC)c2n1C/C=C/Cn1c(NC(=O)c2cc(C)sn2)nc2cc(C(N)=O)cc(OCCCNC)c21. The first-order chi connectivity index (χ1) is 26.9. The smallest absolute Gasteiger partial charge is 0.277 e. The number of aromatic nitrogens is 7. The summed E-state index contributed by atoms with van der Waals surface area (Å²) in [6, 6.07) is 9.52. The number of hydrogen-bond donors (Lipinski definition) is 5. The third-order valence-corrected chi connectivity index (χ3v) is 9.41. The Morgan fingerprint density at radius 1 is 0.839 bits per heavy atom. The third kappa shape index (κ3) is 8.22. The van der Waals surface area contributed by atoms with Crippen LogP contribution in [0.5, 0.6) is 11.5 Å². The van der Waals surface area contributed by atoms with Gasteiger partial charge >= 0.3 is 0 Å². The number of imidazole rings is 2. The molecule has 6 rings (SSSR count). The molecule has 0 aliphatic rings. The summed E-state index contributed by atoms with van der Waals surface area (Å²) in [5.41, 5.74) is 14.7. The number of hydrogen-bond acceptors (Lipinski definition) is 12. The Morgan fingerprint density at radius 2 is 1.43 bits per heavy atom. The highest BCUT2D eigenvalue weighted by atomic mass is 32.1. The normalized spacial score (nSPS) is 11.4. The summed E-state index contributed by atoms with van der Waals surface area (Å²) in [4.78, 5) is 61.6. The molecule has 4 amide bonds. The lowest BCUT2D eigenvalue weighted by molar-refractivity contribution is 0.0991. The molecule has 0 radical (unpaired) electrons. The predicted octanol–water partition coefficient (Wildman–Crippen LogP) is 3.63. The summed E-state index contributed by atoms with van der Waals surface area (Å²) in [7, 11) is 3.30. The average molecular weight is 783 g/mol. The molecule has 7 N–H and O–H groups in total. The van der Waals surface area contributed by atoms with E-state index in [4.69, 9.17) is 20.9 Å². The minimum atomic E-state index is -0.666. The third-order valence-electron chi connectivity index (χ3n) is 8.72. The van der Waals surface area contributed by atoms with Gasteiger partial charge in [-0.15, -0.1) is 0 Å². The van der Waals surface area contributed by atoms with Crippen molar-refractivity contribution >= 4 is 69.1 Å². The van der Waals surface area contributed by atoms with Crippen molar-refractivity contribution in [3.05, 3.63) is 81.6 Å². The summed E-state index contributed by atoms with van der Waals surface area (Å²) in [5, 5.41) is 13.2. The van der Waals surface area contributed by atoms with Crippen molar-refractivity contribution < 1.29 is 28.7 Å². The molecule has 2 aromatic carbocycles. The second kappa shape index (κ2) is 16.8. The molecule has 0 spiro atoms. The van der Waals surface area contributed by atoms with E-state index in [2.05, 4.69) is 35.4 Å². The van der Waals surface area contributed by atoms with Gasteiger partial charge in [0.15, 0.2) is 0 Å². The minimum absolute atomic E-state index is 0.177. The molecule has 4 heterocycles. The van der Waals surface area contributed by atoms with Crippen LogP contribution in [0.25, 0.3) is 22.1 Å². The molecule has 0 saturated heterocycles. The molecule has 0 aliphatic carbocycles. The largest absolute Gasteiger partial charge is 0.494 e. The number of nitrogens with zero attached hydrogens (tertiary/aromatic N) is 7. The Morgan fingerprint density at radius 3 is 1.96 bits per heavy atom. The molecule has 0 bridgehead atoms. The van der Waals surface area contributed by atoms with Gasteiger partial charge in [-0.1, -0.05) is 12.2 Å². The van der Waals surface area contributed by atoms with E-state index >= 15 is 0 Å². The zero-order valence-electron chi connectivity index (χ0n) is 31.5. The van der Waals surface area contributed by atoms with Crippen molar-refractivity contribution in [1.82, 2.24) is 38.6 Å². The van der Waals surface area contributed by atoms with Crippen LogP contribution in [0, 0.1) is 13.8 Å². The summed E-state index contributed by atoms with van der Waals surface area (Å²) in [5.74, 6) is -1.16. The Labute approximate surface area is 325 Å². The molecular formula is C37H42N12O6S. The summed E-state index contributed by atoms with van der Waals surface area (Å²) < 4.78 is 21.2. The van der Waals surface area contributed by atoms with Gasteiger partial charge < -0.3 is 35.4 Å². The van der Waals surface area contributed by atoms with Crippen LogP contribution in [0.1, 0.15) is 65.6 Å². The van der Waals surface area contributed by atoms with E-state index in [-0.39, 0.29) is 41.8 Å². The Bertz CT molecular complexity index is 2490. The fourth-order valence-corrected chi connectivity index (χ4v) is 6.66. The number of nitrogens with two attached hydrogens (primary N) is 2. The zero-order valence-corrected chi connectivity index (χ0v) is 32.3. The monoisotopic (exact) mass is 782 g/mol. The number of rotatable bonds is 17. The number of anilines is 2. The topological polar surface area (TPSA) is 241 Å². The molecule has 4 aromatic heterocycles. The highest BCUT2D eigenvalue weighted by molar-refractivity contribution is 7.05. The van der Waals surface area contributed by atoms with E-state index in [1.807, 2.05) is 33.0 Å². The standard InChI is InChI=1S/C37H42N12O6S/c1-6-49-27(14-20(2)45-49)35(53)44-37-41-24-16-22(32(38)50)18-28(54-5)30(24)47(37)11-7-8-12-48-31-25(42-36(48)43-34(52)26-15-21(3)56-46-26)17-23(33(39)51)19-29(31)55-13-9-10-40-4/h7-8,14-19,40H,6,9-13H2,1-5H3,(H2,38,50)(H2,39,51)(H,41,44,53)(H,42,43,52)/b8-7+. The number of amides is 4. The summed E-state index contributed by atoms with van der Waals surface area (Å²) >= 11 is 1.20. The van der Waals surface area contributed by atoms with Crippen molar-refractivity contribution in [2.24, 2.45) is 11.5 Å². The van der Waals surface area contributed by atoms with Crippen molar-refractivity contribution in [1.29, 1.82) is 0 Å². The number of carbonyl (C=O) groups excluding carboxylic acids is 4. The second-order valence-electron chi connectivity index (χ2n) is 12.7. The molecule has 0 unspecified atom stereocenters. The number of benzene rings is 2. The number of nitrogens with one attached hydrogen (secondary N) is 3. The molecule has 0 saturated carbocycles. The van der Waals surface area contributed by atoms with Crippen LogP contribution in [0.3, 0.4) is 0 Å². The van der Waals surface area contributed by atoms with Crippen LogP contribution >= 0.6 is 11.5 Å². The Hall–Kier alpha value is -6.60. The van der Waals surface area contributed by atoms with Crippen molar-refractivity contribution in [3.63, 3.8) is 0 Å². The maximum Gasteiger partial charge on any atom is 0.277 e. The highest BCUT2D eigenvalue weighted by Gasteiger charge is 2.23. The van der Waals surface area contributed by atoms with Gasteiger partial charge in [0.05, 0.1) is 30.4 Å². The van der Waals surface area contributed by atoms with Gasteiger partial charge in [0, 0.05) is 35.6 Å². The van der Waals surface area contributed by atoms with Crippen molar-refractivity contribution in [2.75, 3.05) is 37.9 Å². The number of primary amides is 2. The highest BCUT2D eigenvalue weighted by Crippen LogP contribution is 2.33. The molecule has 0 aliphatic heterocycles. The second-order valence-corrected chi connectivity index (χ2v) is 13.7. The molecule has 292 valence electrons. The average Bonchev–Trinajstić information content (AvgIpc) is 3.95. The first-order valence-electron chi connectivity index (χ1n) is 17.7. The van der Waals surface area contributed by atoms with E-state index < -0.39 is 23.6 Å². The van der Waals surface area contributed by atoms with Gasteiger partial charge in [0.25, 0.3) is 11.8 Å². The summed E-state index contributed by atoms with van der Waals surface area (Å²) in [6.07, 6.45) is 4.36. The number of allylic oxidation sites excluding steroid dienone is 2. The van der Waals surface area contributed by atoms with Crippen molar-refractivity contribution in [2.45, 2.75) is 46.8 Å². The van der Waals surface area contributed by atoms with E-state index in [1.54, 1.807) is 45.0 Å². The molecule has 19 heteroatoms. The molecule has 18 nitrogen and oxygen atoms in total. The Kier molecular flexibility index (Phi) is 11.7. The van der Waals surface area contributed by atoms with E-state index in [0.29, 0.717) is 71.1 Å². The fraction of sp³-hybridized carbons (Fsp3) is 0.297. The van der Waals surface area contributed by atoms with Crippen LogP contribution in [0.2, 0.25) is 0 Å². The van der Waals surface area contributed by atoms with E-state index in [1.165, 1.54) is 30.8 Å². The number of aryl methyl sites for hydroxylation is 3. The van der Waals surface area contributed by atoms with Gasteiger partial charge in [0.1, 0.15) is 33.9 Å². The first-order valence-corrected chi connectivity index (χ1v) is 18.4. The quantitative estimate of drug-likeness (QED) is 0.0661. The fourth-order valence-electron chi connectivity index (χ4n) is 6.12. The lowest BCUT2D eigenvalue weighted by Gasteiger charge is -2.13. The molecule has 0 atom stereocenters. The van der Waals surface area contributed by atoms with Gasteiger partial charge in [-0.05, 0) is 88.7 Å². The molecule has 56 heavy (non-hydrogen) atoms. The number of ether oxygens (including phenoxy) is 2.